The van der Waals surface area contributed by atoms with Crippen LogP contribution in [0, 0.1) is 19.7 Å². The van der Waals surface area contributed by atoms with Crippen LogP contribution in [0.25, 0.3) is 11.3 Å². The lowest BCUT2D eigenvalue weighted by Gasteiger charge is -2.34. The molecule has 0 saturated carbocycles. The van der Waals surface area contributed by atoms with Crippen LogP contribution in [-0.2, 0) is 0 Å². The van der Waals surface area contributed by atoms with Crippen molar-refractivity contribution in [2.75, 3.05) is 26.2 Å². The summed E-state index contributed by atoms with van der Waals surface area (Å²) >= 11 is 7.62. The van der Waals surface area contributed by atoms with Crippen molar-refractivity contribution in [1.29, 1.82) is 0 Å². The lowest BCUT2D eigenvalue weighted by atomic mass is 10.0. The number of hydrogen-bond donors (Lipinski definition) is 0. The molecule has 0 bridgehead atoms. The molecule has 0 atom stereocenters. The summed E-state index contributed by atoms with van der Waals surface area (Å²) in [6.07, 6.45) is 0. The van der Waals surface area contributed by atoms with E-state index in [-0.39, 0.29) is 33.7 Å². The maximum Gasteiger partial charge on any atom is 0.264 e. The molecule has 30 heavy (non-hydrogen) atoms. The van der Waals surface area contributed by atoms with Gasteiger partial charge >= 0.3 is 0 Å². The van der Waals surface area contributed by atoms with E-state index in [4.69, 9.17) is 16.1 Å². The van der Waals surface area contributed by atoms with Crippen LogP contribution in [0.2, 0.25) is 5.02 Å². The summed E-state index contributed by atoms with van der Waals surface area (Å²) in [4.78, 5) is 31.0. The van der Waals surface area contributed by atoms with Gasteiger partial charge in [0, 0.05) is 31.1 Å². The second-order valence-electron chi connectivity index (χ2n) is 7.05. The Hall–Kier alpha value is -2.71. The van der Waals surface area contributed by atoms with Gasteiger partial charge < -0.3 is 14.3 Å². The number of rotatable bonds is 3. The number of amides is 2. The molecule has 6 nitrogen and oxygen atoms in total. The molecule has 1 saturated heterocycles. The monoisotopic (exact) mass is 447 g/mol. The first-order valence-electron chi connectivity index (χ1n) is 9.42. The topological polar surface area (TPSA) is 66.7 Å². The SMILES string of the molecule is Cc1ccc(C(=O)N2CCN(C(=O)c3c(-c4c(F)cccc4Cl)noc3C)CC2)s1. The molecule has 0 N–H and O–H groups in total. The zero-order valence-electron chi connectivity index (χ0n) is 16.4. The summed E-state index contributed by atoms with van der Waals surface area (Å²) < 4.78 is 19.6. The molecule has 0 aliphatic carbocycles. The Kier molecular flexibility index (Phi) is 5.62. The molecule has 1 aliphatic rings. The molecule has 1 aliphatic heterocycles. The number of aryl methyl sites for hydroxylation is 2. The summed E-state index contributed by atoms with van der Waals surface area (Å²) in [5.74, 6) is -0.629. The summed E-state index contributed by atoms with van der Waals surface area (Å²) in [5, 5.41) is 4.05. The van der Waals surface area contributed by atoms with Crippen LogP contribution in [0.1, 0.15) is 30.7 Å². The predicted octanol–water partition coefficient (Wildman–Crippen LogP) is 4.41. The normalized spacial score (nSPS) is 14.3. The molecule has 1 fully saturated rings. The number of hydrogen-bond acceptors (Lipinski definition) is 5. The molecular formula is C21H19ClFN3O3S. The van der Waals surface area contributed by atoms with Crippen molar-refractivity contribution in [3.8, 4) is 11.3 Å². The van der Waals surface area contributed by atoms with E-state index in [1.165, 1.54) is 29.5 Å². The van der Waals surface area contributed by atoms with Gasteiger partial charge in [-0.3, -0.25) is 9.59 Å². The lowest BCUT2D eigenvalue weighted by molar-refractivity contribution is 0.0537. The van der Waals surface area contributed by atoms with Crippen LogP contribution in [0.5, 0.6) is 0 Å². The average molecular weight is 448 g/mol. The summed E-state index contributed by atoms with van der Waals surface area (Å²) in [6.45, 7) is 5.13. The third kappa shape index (κ3) is 3.73. The fourth-order valence-electron chi connectivity index (χ4n) is 3.49. The van der Waals surface area contributed by atoms with Gasteiger partial charge in [-0.1, -0.05) is 22.8 Å². The van der Waals surface area contributed by atoms with Crippen LogP contribution < -0.4 is 0 Å². The minimum atomic E-state index is -0.577. The first-order chi connectivity index (χ1) is 14.4. The Morgan fingerprint density at radius 3 is 2.33 bits per heavy atom. The van der Waals surface area contributed by atoms with Crippen molar-refractivity contribution in [2.24, 2.45) is 0 Å². The number of halogens is 2. The number of nitrogens with zero attached hydrogens (tertiary/aromatic N) is 3. The third-order valence-corrected chi connectivity index (χ3v) is 6.39. The fraction of sp³-hybridized carbons (Fsp3) is 0.286. The van der Waals surface area contributed by atoms with Crippen molar-refractivity contribution >= 4 is 34.8 Å². The Labute approximate surface area is 181 Å². The van der Waals surface area contributed by atoms with Gasteiger partial charge in [0.1, 0.15) is 22.8 Å². The maximum atomic E-state index is 14.4. The molecule has 0 radical (unpaired) electrons. The molecule has 0 unspecified atom stereocenters. The highest BCUT2D eigenvalue weighted by Crippen LogP contribution is 2.34. The first-order valence-corrected chi connectivity index (χ1v) is 10.6. The number of thiophene rings is 1. The van der Waals surface area contributed by atoms with E-state index in [2.05, 4.69) is 5.16 Å². The standard InChI is InChI=1S/C21H19ClFN3O3S/c1-12-6-7-16(30-12)20(27)25-8-10-26(11-9-25)21(28)17-13(2)29-24-19(17)18-14(22)4-3-5-15(18)23/h3-7H,8-11H2,1-2H3. The molecule has 2 amide bonds. The van der Waals surface area contributed by atoms with Crippen molar-refractivity contribution in [1.82, 2.24) is 15.0 Å². The minimum Gasteiger partial charge on any atom is -0.360 e. The van der Waals surface area contributed by atoms with Crippen LogP contribution >= 0.6 is 22.9 Å². The second-order valence-corrected chi connectivity index (χ2v) is 8.75. The zero-order chi connectivity index (χ0) is 21.4. The Morgan fingerprint density at radius 2 is 1.73 bits per heavy atom. The highest BCUT2D eigenvalue weighted by Gasteiger charge is 2.31. The molecule has 2 aromatic heterocycles. The average Bonchev–Trinajstić information content (AvgIpc) is 3.33. The lowest BCUT2D eigenvalue weighted by Crippen LogP contribution is -2.50. The van der Waals surface area contributed by atoms with Crippen molar-refractivity contribution in [3.05, 3.63) is 62.2 Å². The van der Waals surface area contributed by atoms with Gasteiger partial charge in [0.2, 0.25) is 0 Å². The smallest absolute Gasteiger partial charge is 0.264 e. The van der Waals surface area contributed by atoms with Crippen molar-refractivity contribution in [3.63, 3.8) is 0 Å². The van der Waals surface area contributed by atoms with Gasteiger partial charge in [-0.25, -0.2) is 4.39 Å². The highest BCUT2D eigenvalue weighted by atomic mass is 35.5. The number of carbonyl (C=O) groups excluding carboxylic acids is 2. The Bertz CT molecular complexity index is 1100. The summed E-state index contributed by atoms with van der Waals surface area (Å²) in [7, 11) is 0. The van der Waals surface area contributed by atoms with E-state index in [9.17, 15) is 14.0 Å². The van der Waals surface area contributed by atoms with Gasteiger partial charge in [-0.2, -0.15) is 0 Å². The molecular weight excluding hydrogens is 429 g/mol. The third-order valence-electron chi connectivity index (χ3n) is 5.08. The largest absolute Gasteiger partial charge is 0.360 e. The van der Waals surface area contributed by atoms with Gasteiger partial charge in [0.05, 0.1) is 15.5 Å². The number of piperazine rings is 1. The first kappa shape index (κ1) is 20.6. The van der Waals surface area contributed by atoms with Crippen molar-refractivity contribution < 1.29 is 18.5 Å². The highest BCUT2D eigenvalue weighted by molar-refractivity contribution is 7.13. The molecule has 9 heteroatoms. The van der Waals surface area contributed by atoms with E-state index in [1.807, 2.05) is 19.1 Å². The zero-order valence-corrected chi connectivity index (χ0v) is 18.0. The van der Waals surface area contributed by atoms with Gasteiger partial charge in [-0.15, -0.1) is 11.3 Å². The van der Waals surface area contributed by atoms with Crippen LogP contribution in [0.3, 0.4) is 0 Å². The van der Waals surface area contributed by atoms with E-state index < -0.39 is 5.82 Å². The molecule has 0 spiro atoms. The van der Waals surface area contributed by atoms with Gasteiger partial charge in [0.15, 0.2) is 0 Å². The number of aromatic nitrogens is 1. The van der Waals surface area contributed by atoms with Crippen LogP contribution in [0.15, 0.2) is 34.9 Å². The molecule has 3 aromatic rings. The minimum absolute atomic E-state index is 0.0276. The quantitative estimate of drug-likeness (QED) is 0.596. The number of carbonyl (C=O) groups is 2. The Morgan fingerprint density at radius 1 is 1.07 bits per heavy atom. The summed E-state index contributed by atoms with van der Waals surface area (Å²) in [6, 6.07) is 8.03. The van der Waals surface area contributed by atoms with E-state index in [0.717, 1.165) is 4.88 Å². The van der Waals surface area contributed by atoms with Gasteiger partial charge in [0.25, 0.3) is 11.8 Å². The van der Waals surface area contributed by atoms with E-state index >= 15 is 0 Å². The molecule has 1 aromatic carbocycles. The summed E-state index contributed by atoms with van der Waals surface area (Å²) in [5.41, 5.74) is 0.324. The molecule has 3 heterocycles. The van der Waals surface area contributed by atoms with Crippen LogP contribution in [-0.4, -0.2) is 52.9 Å². The van der Waals surface area contributed by atoms with E-state index in [1.54, 1.807) is 16.7 Å². The Balaban J connectivity index is 1.53. The maximum absolute atomic E-state index is 14.4. The number of benzene rings is 1. The predicted molar refractivity (Wildman–Crippen MR) is 113 cm³/mol. The molecule has 4 rings (SSSR count). The fourth-order valence-corrected chi connectivity index (χ4v) is 4.58. The van der Waals surface area contributed by atoms with Crippen LogP contribution in [0.4, 0.5) is 4.39 Å². The molecule has 156 valence electrons. The van der Waals surface area contributed by atoms with E-state index in [0.29, 0.717) is 36.8 Å². The van der Waals surface area contributed by atoms with Crippen molar-refractivity contribution in [2.45, 2.75) is 13.8 Å². The second kappa shape index (κ2) is 8.20. The van der Waals surface area contributed by atoms with Gasteiger partial charge in [-0.05, 0) is 38.1 Å².